The standard InChI is InChI=1S/C16H23ClN2O6S/c1-10(2)9-18-15(20)11(3)25-16(21)13-8-12(6-7-14(13)17)26(22,23)19(4)24-5/h6-8,10-11H,9H2,1-5H3,(H,18,20)/t11-/m1/s1. The summed E-state index contributed by atoms with van der Waals surface area (Å²) in [4.78, 5) is 28.7. The monoisotopic (exact) mass is 406 g/mol. The molecule has 0 heterocycles. The van der Waals surface area contributed by atoms with Gasteiger partial charge in [0.2, 0.25) is 0 Å². The molecule has 0 aliphatic rings. The normalized spacial score (nSPS) is 12.9. The van der Waals surface area contributed by atoms with Crippen LogP contribution in [0.5, 0.6) is 0 Å². The Morgan fingerprint density at radius 1 is 1.27 bits per heavy atom. The minimum Gasteiger partial charge on any atom is -0.449 e. The Hall–Kier alpha value is -1.68. The fraction of sp³-hybridized carbons (Fsp3) is 0.500. The molecule has 1 rings (SSSR count). The lowest BCUT2D eigenvalue weighted by molar-refractivity contribution is -0.129. The van der Waals surface area contributed by atoms with E-state index in [0.29, 0.717) is 11.0 Å². The minimum absolute atomic E-state index is 0.00353. The Labute approximate surface area is 158 Å². The van der Waals surface area contributed by atoms with Gasteiger partial charge < -0.3 is 10.1 Å². The summed E-state index contributed by atoms with van der Waals surface area (Å²) in [5, 5.41) is 2.65. The lowest BCUT2D eigenvalue weighted by atomic mass is 10.2. The number of hydrogen-bond donors (Lipinski definition) is 1. The molecule has 0 bridgehead atoms. The maximum Gasteiger partial charge on any atom is 0.340 e. The number of ether oxygens (including phenoxy) is 1. The number of hydrogen-bond acceptors (Lipinski definition) is 6. The zero-order valence-corrected chi connectivity index (χ0v) is 16.8. The first-order chi connectivity index (χ1) is 12.0. The number of amides is 1. The van der Waals surface area contributed by atoms with Crippen LogP contribution in [0.15, 0.2) is 23.1 Å². The predicted molar refractivity (Wildman–Crippen MR) is 96.1 cm³/mol. The third kappa shape index (κ3) is 5.66. The number of hydroxylamine groups is 1. The van der Waals surface area contributed by atoms with E-state index in [2.05, 4.69) is 10.2 Å². The summed E-state index contributed by atoms with van der Waals surface area (Å²) in [7, 11) is -1.55. The molecule has 0 aromatic heterocycles. The molecule has 10 heteroatoms. The van der Waals surface area contributed by atoms with E-state index in [4.69, 9.17) is 16.3 Å². The highest BCUT2D eigenvalue weighted by molar-refractivity contribution is 7.89. The Bertz CT molecular complexity index is 766. The largest absolute Gasteiger partial charge is 0.449 e. The van der Waals surface area contributed by atoms with Gasteiger partial charge in [-0.3, -0.25) is 9.63 Å². The van der Waals surface area contributed by atoms with Crippen LogP contribution in [0.4, 0.5) is 0 Å². The Morgan fingerprint density at radius 3 is 2.42 bits per heavy atom. The number of carbonyl (C=O) groups is 2. The summed E-state index contributed by atoms with van der Waals surface area (Å²) in [6, 6.07) is 3.58. The van der Waals surface area contributed by atoms with Gasteiger partial charge in [0, 0.05) is 13.6 Å². The summed E-state index contributed by atoms with van der Waals surface area (Å²) in [5.74, 6) is -1.11. The number of benzene rings is 1. The fourth-order valence-corrected chi connectivity index (χ4v) is 2.99. The van der Waals surface area contributed by atoms with Gasteiger partial charge >= 0.3 is 5.97 Å². The summed E-state index contributed by atoms with van der Waals surface area (Å²) in [6.07, 6.45) is -1.06. The topological polar surface area (TPSA) is 102 Å². The second-order valence-electron chi connectivity index (χ2n) is 5.93. The number of nitrogens with one attached hydrogen (secondary N) is 1. The van der Waals surface area contributed by atoms with Crippen LogP contribution in [0.25, 0.3) is 0 Å². The highest BCUT2D eigenvalue weighted by Gasteiger charge is 2.25. The first-order valence-electron chi connectivity index (χ1n) is 7.82. The van der Waals surface area contributed by atoms with Crippen molar-refractivity contribution in [1.82, 2.24) is 9.79 Å². The van der Waals surface area contributed by atoms with Crippen LogP contribution < -0.4 is 5.32 Å². The number of esters is 1. The smallest absolute Gasteiger partial charge is 0.340 e. The van der Waals surface area contributed by atoms with Gasteiger partial charge in [0.1, 0.15) is 0 Å². The summed E-state index contributed by atoms with van der Waals surface area (Å²) < 4.78 is 30.3. The number of halogens is 1. The van der Waals surface area contributed by atoms with Gasteiger partial charge in [0.25, 0.3) is 15.9 Å². The third-order valence-corrected chi connectivity index (χ3v) is 5.39. The van der Waals surface area contributed by atoms with Crippen molar-refractivity contribution in [3.8, 4) is 0 Å². The fourth-order valence-electron chi connectivity index (χ4n) is 1.79. The van der Waals surface area contributed by atoms with E-state index < -0.39 is 28.0 Å². The van der Waals surface area contributed by atoms with E-state index in [-0.39, 0.29) is 21.4 Å². The van der Waals surface area contributed by atoms with Gasteiger partial charge in [-0.25, -0.2) is 13.2 Å². The van der Waals surface area contributed by atoms with Gasteiger partial charge in [-0.05, 0) is 31.0 Å². The highest BCUT2D eigenvalue weighted by atomic mass is 35.5. The summed E-state index contributed by atoms with van der Waals surface area (Å²) in [5.41, 5.74) is -0.166. The molecule has 146 valence electrons. The van der Waals surface area contributed by atoms with Crippen LogP contribution >= 0.6 is 11.6 Å². The van der Waals surface area contributed by atoms with Crippen molar-refractivity contribution in [2.24, 2.45) is 5.92 Å². The maximum atomic E-state index is 12.3. The van der Waals surface area contributed by atoms with Crippen molar-refractivity contribution in [2.45, 2.75) is 31.8 Å². The molecule has 0 spiro atoms. The van der Waals surface area contributed by atoms with Crippen molar-refractivity contribution in [2.75, 3.05) is 20.7 Å². The zero-order valence-electron chi connectivity index (χ0n) is 15.3. The molecule has 1 aromatic rings. The van der Waals surface area contributed by atoms with Crippen molar-refractivity contribution < 1.29 is 27.6 Å². The van der Waals surface area contributed by atoms with Crippen molar-refractivity contribution in [3.05, 3.63) is 28.8 Å². The SMILES string of the molecule is CON(C)S(=O)(=O)c1ccc(Cl)c(C(=O)O[C@H](C)C(=O)NCC(C)C)c1. The minimum atomic E-state index is -3.96. The van der Waals surface area contributed by atoms with Gasteiger partial charge in [0.05, 0.1) is 22.6 Å². The number of carbonyl (C=O) groups excluding carboxylic acids is 2. The molecule has 1 N–H and O–H groups in total. The molecule has 26 heavy (non-hydrogen) atoms. The summed E-state index contributed by atoms with van der Waals surface area (Å²) in [6.45, 7) is 5.72. The average molecular weight is 407 g/mol. The van der Waals surface area contributed by atoms with E-state index in [1.54, 1.807) is 0 Å². The molecule has 0 saturated carbocycles. The third-order valence-electron chi connectivity index (χ3n) is 3.39. The molecule has 0 aliphatic heterocycles. The van der Waals surface area contributed by atoms with Crippen LogP contribution in [-0.4, -0.2) is 51.6 Å². The maximum absolute atomic E-state index is 12.3. The number of sulfonamides is 1. The van der Waals surface area contributed by atoms with Crippen LogP contribution in [0, 0.1) is 5.92 Å². The van der Waals surface area contributed by atoms with E-state index >= 15 is 0 Å². The predicted octanol–water partition coefficient (Wildman–Crippen LogP) is 1.84. The Morgan fingerprint density at radius 2 is 1.88 bits per heavy atom. The van der Waals surface area contributed by atoms with Crippen LogP contribution in [0.1, 0.15) is 31.1 Å². The summed E-state index contributed by atoms with van der Waals surface area (Å²) >= 11 is 5.98. The van der Waals surface area contributed by atoms with Crippen molar-refractivity contribution in [1.29, 1.82) is 0 Å². The second kappa shape index (κ2) is 9.31. The molecule has 1 atom stereocenters. The highest BCUT2D eigenvalue weighted by Crippen LogP contribution is 2.23. The molecule has 0 fully saturated rings. The van der Waals surface area contributed by atoms with Crippen LogP contribution in [0.3, 0.4) is 0 Å². The van der Waals surface area contributed by atoms with E-state index in [1.165, 1.54) is 33.2 Å². The van der Waals surface area contributed by atoms with Crippen molar-refractivity contribution >= 4 is 33.5 Å². The lowest BCUT2D eigenvalue weighted by Gasteiger charge is -2.17. The first-order valence-corrected chi connectivity index (χ1v) is 9.63. The molecule has 8 nitrogen and oxygen atoms in total. The molecule has 0 saturated heterocycles. The van der Waals surface area contributed by atoms with Gasteiger partial charge in [-0.1, -0.05) is 29.9 Å². The Kier molecular flexibility index (Phi) is 8.01. The molecule has 1 aromatic carbocycles. The molecule has 0 aliphatic carbocycles. The Balaban J connectivity index is 2.99. The average Bonchev–Trinajstić information content (AvgIpc) is 2.58. The van der Waals surface area contributed by atoms with Gasteiger partial charge in [0.15, 0.2) is 6.10 Å². The second-order valence-corrected chi connectivity index (χ2v) is 8.27. The molecule has 0 unspecified atom stereocenters. The van der Waals surface area contributed by atoms with E-state index in [9.17, 15) is 18.0 Å². The van der Waals surface area contributed by atoms with Gasteiger partial charge in [-0.2, -0.15) is 0 Å². The molecular weight excluding hydrogens is 384 g/mol. The zero-order chi connectivity index (χ0) is 20.1. The first kappa shape index (κ1) is 22.4. The molecule has 0 radical (unpaired) electrons. The van der Waals surface area contributed by atoms with Crippen LogP contribution in [-0.2, 0) is 24.4 Å². The lowest BCUT2D eigenvalue weighted by Crippen LogP contribution is -2.37. The van der Waals surface area contributed by atoms with Gasteiger partial charge in [-0.15, -0.1) is 0 Å². The quantitative estimate of drug-likeness (QED) is 0.522. The van der Waals surface area contributed by atoms with Crippen molar-refractivity contribution in [3.63, 3.8) is 0 Å². The number of rotatable bonds is 8. The molecular formula is C16H23ClN2O6S. The van der Waals surface area contributed by atoms with E-state index in [1.807, 2.05) is 13.8 Å². The van der Waals surface area contributed by atoms with E-state index in [0.717, 1.165) is 6.07 Å². The number of nitrogens with zero attached hydrogens (tertiary/aromatic N) is 1. The molecule has 1 amide bonds. The van der Waals surface area contributed by atoms with Crippen LogP contribution in [0.2, 0.25) is 5.02 Å².